The number of hydrogen-bond acceptors (Lipinski definition) is 2. The first-order chi connectivity index (χ1) is 9.78. The van der Waals surface area contributed by atoms with Gasteiger partial charge in [0.25, 0.3) is 5.24 Å². The zero-order valence-electron chi connectivity index (χ0n) is 10.2. The highest BCUT2D eigenvalue weighted by Crippen LogP contribution is 2.30. The van der Waals surface area contributed by atoms with E-state index in [1.54, 1.807) is 0 Å². The zero-order valence-corrected chi connectivity index (χ0v) is 11.0. The van der Waals surface area contributed by atoms with Gasteiger partial charge >= 0.3 is 6.36 Å². The van der Waals surface area contributed by atoms with Crippen LogP contribution in [0.1, 0.15) is 10.4 Å². The highest BCUT2D eigenvalue weighted by Gasteiger charge is 2.31. The van der Waals surface area contributed by atoms with Crippen LogP contribution in [-0.4, -0.2) is 11.6 Å². The standard InChI is InChI=1S/C14H7ClF4O2/c15-13(20)11-6-2-5-10(12(11)16)8-3-1-4-9(7-8)21-14(17,18)19/h1-7H. The van der Waals surface area contributed by atoms with Crippen LogP contribution in [0.4, 0.5) is 17.6 Å². The largest absolute Gasteiger partial charge is 0.573 e. The van der Waals surface area contributed by atoms with Gasteiger partial charge in [0.15, 0.2) is 0 Å². The molecule has 0 aliphatic heterocycles. The summed E-state index contributed by atoms with van der Waals surface area (Å²) in [5.41, 5.74) is -0.264. The quantitative estimate of drug-likeness (QED) is 0.602. The van der Waals surface area contributed by atoms with Crippen molar-refractivity contribution in [2.24, 2.45) is 0 Å². The second-order valence-corrected chi connectivity index (χ2v) is 4.36. The van der Waals surface area contributed by atoms with Gasteiger partial charge in [-0.05, 0) is 35.4 Å². The van der Waals surface area contributed by atoms with Gasteiger partial charge in [-0.15, -0.1) is 13.2 Å². The molecule has 21 heavy (non-hydrogen) atoms. The molecule has 2 aromatic rings. The van der Waals surface area contributed by atoms with Crippen LogP contribution >= 0.6 is 11.6 Å². The fraction of sp³-hybridized carbons (Fsp3) is 0.0714. The van der Waals surface area contributed by atoms with Crippen molar-refractivity contribution in [2.75, 3.05) is 0 Å². The number of rotatable bonds is 3. The first-order valence-electron chi connectivity index (χ1n) is 5.62. The minimum atomic E-state index is -4.84. The van der Waals surface area contributed by atoms with Gasteiger partial charge in [0, 0.05) is 5.56 Å². The maximum Gasteiger partial charge on any atom is 0.573 e. The maximum absolute atomic E-state index is 14.1. The van der Waals surface area contributed by atoms with E-state index in [4.69, 9.17) is 11.6 Å². The van der Waals surface area contributed by atoms with Crippen molar-refractivity contribution in [3.63, 3.8) is 0 Å². The number of alkyl halides is 3. The third kappa shape index (κ3) is 3.72. The summed E-state index contributed by atoms with van der Waals surface area (Å²) in [5, 5.41) is -0.989. The third-order valence-electron chi connectivity index (χ3n) is 2.59. The number of halogens is 5. The molecule has 2 nitrogen and oxygen atoms in total. The minimum absolute atomic E-state index is 0.0471. The van der Waals surface area contributed by atoms with E-state index in [-0.39, 0.29) is 16.7 Å². The minimum Gasteiger partial charge on any atom is -0.406 e. The third-order valence-corrected chi connectivity index (χ3v) is 2.79. The summed E-state index contributed by atoms with van der Waals surface area (Å²) in [6.45, 7) is 0. The predicted octanol–water partition coefficient (Wildman–Crippen LogP) is 4.77. The van der Waals surface area contributed by atoms with Crippen LogP contribution in [0.5, 0.6) is 5.75 Å². The van der Waals surface area contributed by atoms with Crippen molar-refractivity contribution in [3.05, 3.63) is 53.8 Å². The molecule has 2 rings (SSSR count). The van der Waals surface area contributed by atoms with Crippen molar-refractivity contribution in [3.8, 4) is 16.9 Å². The number of carbonyl (C=O) groups excluding carboxylic acids is 1. The molecule has 0 saturated carbocycles. The van der Waals surface area contributed by atoms with Crippen molar-refractivity contribution in [1.82, 2.24) is 0 Å². The number of ether oxygens (including phenoxy) is 1. The Morgan fingerprint density at radius 2 is 1.76 bits per heavy atom. The molecule has 0 atom stereocenters. The summed E-state index contributed by atoms with van der Waals surface area (Å²) in [7, 11) is 0. The van der Waals surface area contributed by atoms with Crippen LogP contribution in [0.15, 0.2) is 42.5 Å². The Morgan fingerprint density at radius 1 is 1.10 bits per heavy atom. The van der Waals surface area contributed by atoms with Gasteiger partial charge in [0.1, 0.15) is 11.6 Å². The van der Waals surface area contributed by atoms with E-state index in [9.17, 15) is 22.4 Å². The van der Waals surface area contributed by atoms with Crippen LogP contribution in [-0.2, 0) is 0 Å². The Morgan fingerprint density at radius 3 is 2.38 bits per heavy atom. The highest BCUT2D eigenvalue weighted by atomic mass is 35.5. The maximum atomic E-state index is 14.1. The first-order valence-corrected chi connectivity index (χ1v) is 6.00. The number of hydrogen-bond donors (Lipinski definition) is 0. The predicted molar refractivity (Wildman–Crippen MR) is 68.7 cm³/mol. The molecule has 0 aromatic heterocycles. The van der Waals surface area contributed by atoms with Crippen LogP contribution in [0, 0.1) is 5.82 Å². The van der Waals surface area contributed by atoms with Gasteiger partial charge in [-0.3, -0.25) is 4.79 Å². The summed E-state index contributed by atoms with van der Waals surface area (Å²) in [6.07, 6.45) is -4.84. The average Bonchev–Trinajstić information content (AvgIpc) is 2.36. The Balaban J connectivity index is 2.46. The molecule has 0 saturated heterocycles. The number of carbonyl (C=O) groups is 1. The Bertz CT molecular complexity index is 683. The highest BCUT2D eigenvalue weighted by molar-refractivity contribution is 6.67. The second-order valence-electron chi connectivity index (χ2n) is 4.02. The molecule has 0 unspecified atom stereocenters. The molecule has 0 spiro atoms. The van der Waals surface area contributed by atoms with E-state index in [0.29, 0.717) is 0 Å². The van der Waals surface area contributed by atoms with E-state index < -0.39 is 23.2 Å². The van der Waals surface area contributed by atoms with Crippen molar-refractivity contribution in [1.29, 1.82) is 0 Å². The lowest BCUT2D eigenvalue weighted by Gasteiger charge is -2.11. The fourth-order valence-electron chi connectivity index (χ4n) is 1.77. The smallest absolute Gasteiger partial charge is 0.406 e. The van der Waals surface area contributed by atoms with Gasteiger partial charge in [-0.25, -0.2) is 4.39 Å². The Labute approximate surface area is 121 Å². The lowest BCUT2D eigenvalue weighted by atomic mass is 10.0. The zero-order chi connectivity index (χ0) is 15.6. The monoisotopic (exact) mass is 318 g/mol. The van der Waals surface area contributed by atoms with Crippen LogP contribution < -0.4 is 4.74 Å². The molecule has 7 heteroatoms. The van der Waals surface area contributed by atoms with Gasteiger partial charge in [0.2, 0.25) is 0 Å². The molecule has 110 valence electrons. The molecule has 0 amide bonds. The SMILES string of the molecule is O=C(Cl)c1cccc(-c2cccc(OC(F)(F)F)c2)c1F. The Kier molecular flexibility index (Phi) is 4.18. The van der Waals surface area contributed by atoms with Gasteiger partial charge in [-0.1, -0.05) is 24.3 Å². The topological polar surface area (TPSA) is 26.3 Å². The van der Waals surface area contributed by atoms with E-state index in [0.717, 1.165) is 12.1 Å². The summed E-state index contributed by atoms with van der Waals surface area (Å²) >= 11 is 5.23. The lowest BCUT2D eigenvalue weighted by molar-refractivity contribution is -0.274. The molecular formula is C14H7ClF4O2. The van der Waals surface area contributed by atoms with Crippen molar-refractivity contribution < 1.29 is 27.1 Å². The first kappa shape index (κ1) is 15.3. The Hall–Kier alpha value is -2.08. The van der Waals surface area contributed by atoms with Crippen LogP contribution in [0.2, 0.25) is 0 Å². The number of benzene rings is 2. The summed E-state index contributed by atoms with van der Waals surface area (Å²) < 4.78 is 54.4. The van der Waals surface area contributed by atoms with Gasteiger partial charge in [-0.2, -0.15) is 0 Å². The normalized spacial score (nSPS) is 11.3. The molecule has 0 fully saturated rings. The molecule has 0 aliphatic carbocycles. The van der Waals surface area contributed by atoms with E-state index in [2.05, 4.69) is 4.74 Å². The van der Waals surface area contributed by atoms with Crippen LogP contribution in [0.3, 0.4) is 0 Å². The molecule has 0 radical (unpaired) electrons. The summed E-state index contributed by atoms with van der Waals surface area (Å²) in [5.74, 6) is -1.39. The van der Waals surface area contributed by atoms with Gasteiger partial charge < -0.3 is 4.74 Å². The summed E-state index contributed by atoms with van der Waals surface area (Å²) in [4.78, 5) is 11.1. The van der Waals surface area contributed by atoms with E-state index >= 15 is 0 Å². The van der Waals surface area contributed by atoms with Gasteiger partial charge in [0.05, 0.1) is 5.56 Å². The summed E-state index contributed by atoms with van der Waals surface area (Å²) in [6, 6.07) is 8.68. The second kappa shape index (κ2) is 5.73. The molecule has 0 heterocycles. The van der Waals surface area contributed by atoms with Crippen molar-refractivity contribution >= 4 is 16.8 Å². The molecule has 2 aromatic carbocycles. The molecule has 0 N–H and O–H groups in total. The fourth-order valence-corrected chi connectivity index (χ4v) is 1.91. The molecule has 0 bridgehead atoms. The van der Waals surface area contributed by atoms with E-state index in [1.165, 1.54) is 30.3 Å². The lowest BCUT2D eigenvalue weighted by Crippen LogP contribution is -2.17. The average molecular weight is 319 g/mol. The van der Waals surface area contributed by atoms with E-state index in [1.807, 2.05) is 0 Å². The molecular weight excluding hydrogens is 312 g/mol. The van der Waals surface area contributed by atoms with Crippen molar-refractivity contribution in [2.45, 2.75) is 6.36 Å². The molecule has 0 aliphatic rings. The van der Waals surface area contributed by atoms with Crippen LogP contribution in [0.25, 0.3) is 11.1 Å².